The van der Waals surface area contributed by atoms with Crippen LogP contribution < -0.4 is 10.1 Å². The molecule has 25 heavy (non-hydrogen) atoms. The largest absolute Gasteiger partial charge is 0.478 e. The molecule has 0 aromatic carbocycles. The predicted molar refractivity (Wildman–Crippen MR) is 91.8 cm³/mol. The number of anilines is 1. The van der Waals surface area contributed by atoms with Crippen LogP contribution in [-0.4, -0.2) is 45.7 Å². The van der Waals surface area contributed by atoms with Crippen molar-refractivity contribution in [2.24, 2.45) is 7.05 Å². The van der Waals surface area contributed by atoms with Crippen molar-refractivity contribution in [2.75, 3.05) is 19.5 Å². The lowest BCUT2D eigenvalue weighted by atomic mass is 9.87. The molecule has 134 valence electrons. The normalized spacial score (nSPS) is 20.3. The first-order valence-corrected chi connectivity index (χ1v) is 8.34. The number of hydrogen-bond acceptors (Lipinski definition) is 6. The fourth-order valence-corrected chi connectivity index (χ4v) is 3.28. The van der Waals surface area contributed by atoms with E-state index in [2.05, 4.69) is 20.3 Å². The van der Waals surface area contributed by atoms with Gasteiger partial charge in [0.2, 0.25) is 0 Å². The number of carbonyl (C=O) groups is 1. The summed E-state index contributed by atoms with van der Waals surface area (Å²) in [6, 6.07) is 0. The van der Waals surface area contributed by atoms with Crippen molar-refractivity contribution in [1.29, 1.82) is 0 Å². The summed E-state index contributed by atoms with van der Waals surface area (Å²) in [5.41, 5.74) is 0.243. The van der Waals surface area contributed by atoms with Gasteiger partial charge in [0.15, 0.2) is 5.82 Å². The number of amides is 1. The van der Waals surface area contributed by atoms with Crippen molar-refractivity contribution in [2.45, 2.75) is 37.7 Å². The Labute approximate surface area is 146 Å². The molecule has 8 nitrogen and oxygen atoms in total. The second-order valence-electron chi connectivity index (χ2n) is 6.14. The van der Waals surface area contributed by atoms with E-state index in [-0.39, 0.29) is 11.6 Å². The van der Waals surface area contributed by atoms with E-state index in [4.69, 9.17) is 9.47 Å². The Kier molecular flexibility index (Phi) is 5.28. The Morgan fingerprint density at radius 2 is 2.00 bits per heavy atom. The minimum Gasteiger partial charge on any atom is -0.478 e. The Bertz CT molecular complexity index is 723. The number of nitrogens with zero attached hydrogens (tertiary/aromatic N) is 4. The van der Waals surface area contributed by atoms with Gasteiger partial charge in [-0.2, -0.15) is 4.98 Å². The molecule has 2 heterocycles. The van der Waals surface area contributed by atoms with E-state index < -0.39 is 0 Å². The summed E-state index contributed by atoms with van der Waals surface area (Å²) >= 11 is 0. The molecular weight excluding hydrogens is 322 g/mol. The van der Waals surface area contributed by atoms with E-state index in [1.807, 2.05) is 11.6 Å². The maximum atomic E-state index is 12.4. The summed E-state index contributed by atoms with van der Waals surface area (Å²) in [7, 11) is 5.19. The molecule has 1 amide bonds. The zero-order valence-corrected chi connectivity index (χ0v) is 14.7. The molecule has 8 heteroatoms. The van der Waals surface area contributed by atoms with Gasteiger partial charge in [-0.05, 0) is 25.7 Å². The van der Waals surface area contributed by atoms with Crippen LogP contribution >= 0.6 is 0 Å². The molecule has 2 aromatic rings. The van der Waals surface area contributed by atoms with Crippen molar-refractivity contribution < 1.29 is 14.3 Å². The summed E-state index contributed by atoms with van der Waals surface area (Å²) < 4.78 is 12.7. The Morgan fingerprint density at radius 3 is 2.60 bits per heavy atom. The molecule has 1 aliphatic rings. The lowest BCUT2D eigenvalue weighted by Gasteiger charge is -2.27. The van der Waals surface area contributed by atoms with Gasteiger partial charge in [-0.25, -0.2) is 4.98 Å². The van der Waals surface area contributed by atoms with Gasteiger partial charge in [-0.1, -0.05) is 0 Å². The highest BCUT2D eigenvalue weighted by atomic mass is 16.5. The molecular formula is C17H23N5O3. The van der Waals surface area contributed by atoms with Gasteiger partial charge in [0.1, 0.15) is 11.5 Å². The Morgan fingerprint density at radius 1 is 1.24 bits per heavy atom. The number of ether oxygens (including phenoxy) is 2. The lowest BCUT2D eigenvalue weighted by molar-refractivity contribution is 0.0648. The fraction of sp³-hybridized carbons (Fsp3) is 0.529. The van der Waals surface area contributed by atoms with Crippen LogP contribution in [0.25, 0.3) is 0 Å². The van der Waals surface area contributed by atoms with Crippen LogP contribution in [0.2, 0.25) is 0 Å². The maximum Gasteiger partial charge on any atom is 0.277 e. The van der Waals surface area contributed by atoms with Gasteiger partial charge in [-0.3, -0.25) is 9.78 Å². The number of imidazole rings is 1. The number of rotatable bonds is 5. The smallest absolute Gasteiger partial charge is 0.277 e. The van der Waals surface area contributed by atoms with E-state index >= 15 is 0 Å². The van der Waals surface area contributed by atoms with Crippen LogP contribution in [0.5, 0.6) is 5.88 Å². The van der Waals surface area contributed by atoms with Crippen molar-refractivity contribution in [3.63, 3.8) is 0 Å². The predicted octanol–water partition coefficient (Wildman–Crippen LogP) is 2.14. The monoisotopic (exact) mass is 345 g/mol. The summed E-state index contributed by atoms with van der Waals surface area (Å²) in [5.74, 6) is 1.84. The molecule has 2 aromatic heterocycles. The van der Waals surface area contributed by atoms with E-state index in [9.17, 15) is 4.79 Å². The average Bonchev–Trinajstić information content (AvgIpc) is 2.98. The zero-order valence-electron chi connectivity index (χ0n) is 14.7. The summed E-state index contributed by atoms with van der Waals surface area (Å²) in [6.07, 6.45) is 8.79. The fourth-order valence-electron chi connectivity index (χ4n) is 3.28. The number of methoxy groups -OCH3 is 2. The quantitative estimate of drug-likeness (QED) is 0.893. The molecule has 0 saturated heterocycles. The van der Waals surface area contributed by atoms with E-state index in [0.29, 0.717) is 23.7 Å². The first-order chi connectivity index (χ1) is 12.1. The number of hydrogen-bond donors (Lipinski definition) is 1. The van der Waals surface area contributed by atoms with Crippen molar-refractivity contribution in [3.8, 4) is 5.88 Å². The average molecular weight is 345 g/mol. The van der Waals surface area contributed by atoms with Crippen LogP contribution in [0.1, 0.15) is 47.9 Å². The molecule has 0 spiro atoms. The molecule has 1 saturated carbocycles. The second kappa shape index (κ2) is 7.60. The molecule has 0 unspecified atom stereocenters. The molecule has 0 aliphatic heterocycles. The minimum absolute atomic E-state index is 0.243. The summed E-state index contributed by atoms with van der Waals surface area (Å²) in [6.45, 7) is 0. The number of carbonyl (C=O) groups excluding carboxylic acids is 1. The van der Waals surface area contributed by atoms with Crippen molar-refractivity contribution in [1.82, 2.24) is 19.5 Å². The number of aromatic nitrogens is 4. The highest BCUT2D eigenvalue weighted by Gasteiger charge is 2.28. The van der Waals surface area contributed by atoms with Crippen LogP contribution in [0, 0.1) is 0 Å². The second-order valence-corrected chi connectivity index (χ2v) is 6.14. The first-order valence-electron chi connectivity index (χ1n) is 8.34. The van der Waals surface area contributed by atoms with Crippen LogP contribution in [0.15, 0.2) is 18.6 Å². The number of nitrogens with one attached hydrogen (secondary N) is 1. The molecule has 1 fully saturated rings. The minimum atomic E-state index is -0.343. The third-order valence-corrected chi connectivity index (χ3v) is 4.69. The molecule has 0 bridgehead atoms. The van der Waals surface area contributed by atoms with Crippen LogP contribution in [0.3, 0.4) is 0 Å². The maximum absolute atomic E-state index is 12.4. The van der Waals surface area contributed by atoms with Gasteiger partial charge in [-0.15, -0.1) is 0 Å². The topological polar surface area (TPSA) is 91.2 Å². The first kappa shape index (κ1) is 17.3. The Balaban J connectivity index is 1.81. The molecule has 0 atom stereocenters. The van der Waals surface area contributed by atoms with Crippen LogP contribution in [-0.2, 0) is 11.8 Å². The summed E-state index contributed by atoms with van der Waals surface area (Å²) in [5, 5.41) is 2.83. The molecule has 3 rings (SSSR count). The van der Waals surface area contributed by atoms with Crippen molar-refractivity contribution >= 4 is 11.7 Å². The van der Waals surface area contributed by atoms with Gasteiger partial charge >= 0.3 is 0 Å². The van der Waals surface area contributed by atoms with Gasteiger partial charge < -0.3 is 19.4 Å². The van der Waals surface area contributed by atoms with Gasteiger partial charge in [0.05, 0.1) is 19.4 Å². The SMILES string of the molecule is COc1nc(C2CCC(OC)CC2)n(C)c1NC(=O)c1cnccn1. The molecule has 1 aliphatic carbocycles. The van der Waals surface area contributed by atoms with E-state index in [1.165, 1.54) is 18.6 Å². The van der Waals surface area contributed by atoms with E-state index in [0.717, 1.165) is 31.5 Å². The third-order valence-electron chi connectivity index (χ3n) is 4.69. The molecule has 1 N–H and O–H groups in total. The van der Waals surface area contributed by atoms with Gasteiger partial charge in [0.25, 0.3) is 11.8 Å². The zero-order chi connectivity index (χ0) is 17.8. The Hall–Kier alpha value is -2.48. The highest BCUT2D eigenvalue weighted by Crippen LogP contribution is 2.36. The summed E-state index contributed by atoms with van der Waals surface area (Å²) in [4.78, 5) is 24.9. The lowest BCUT2D eigenvalue weighted by Crippen LogP contribution is -2.21. The van der Waals surface area contributed by atoms with E-state index in [1.54, 1.807) is 14.2 Å². The highest BCUT2D eigenvalue weighted by molar-refractivity contribution is 6.02. The molecule has 0 radical (unpaired) electrons. The van der Waals surface area contributed by atoms with Crippen LogP contribution in [0.4, 0.5) is 5.82 Å². The standard InChI is InChI=1S/C17H23N5O3/c1-22-14(11-4-6-12(24-2)7-5-11)21-17(25-3)15(22)20-16(23)13-10-18-8-9-19-13/h8-12H,4-7H2,1-3H3,(H,20,23). The van der Waals surface area contributed by atoms with Crippen molar-refractivity contribution in [3.05, 3.63) is 30.1 Å². The third kappa shape index (κ3) is 3.63. The van der Waals surface area contributed by atoms with Gasteiger partial charge in [0, 0.05) is 32.5 Å².